The Kier molecular flexibility index (Phi) is 4.31. The maximum Gasteiger partial charge on any atom is 0.446 e. The van der Waals surface area contributed by atoms with Gasteiger partial charge in [-0.3, -0.25) is 4.98 Å². The topological polar surface area (TPSA) is 24.9 Å². The molecule has 19 heavy (non-hydrogen) atoms. The van der Waals surface area contributed by atoms with Crippen LogP contribution < -0.4 is 5.32 Å². The highest BCUT2D eigenvalue weighted by molar-refractivity contribution is 8.00. The normalized spacial score (nSPS) is 11.3. The highest BCUT2D eigenvalue weighted by Crippen LogP contribution is 2.37. The van der Waals surface area contributed by atoms with Crippen LogP contribution in [0.3, 0.4) is 0 Å². The van der Waals surface area contributed by atoms with Crippen molar-refractivity contribution in [2.24, 2.45) is 0 Å². The standard InChI is InChI=1S/C13H11F3N2S/c14-13(15,16)19-12-3-1-11(2-4-12)18-9-10-5-7-17-8-6-10/h1-8,18H,9H2. The minimum Gasteiger partial charge on any atom is -0.381 e. The number of hydrogen-bond acceptors (Lipinski definition) is 3. The molecular weight excluding hydrogens is 273 g/mol. The number of nitrogens with zero attached hydrogens (tertiary/aromatic N) is 1. The fourth-order valence-electron chi connectivity index (χ4n) is 1.48. The number of thioether (sulfide) groups is 1. The molecule has 0 radical (unpaired) electrons. The van der Waals surface area contributed by atoms with E-state index < -0.39 is 5.51 Å². The van der Waals surface area contributed by atoms with Crippen LogP contribution in [0.15, 0.2) is 53.7 Å². The van der Waals surface area contributed by atoms with Gasteiger partial charge in [0.05, 0.1) is 0 Å². The van der Waals surface area contributed by atoms with Gasteiger partial charge in [-0.15, -0.1) is 0 Å². The fraction of sp³-hybridized carbons (Fsp3) is 0.154. The van der Waals surface area contributed by atoms with Gasteiger partial charge in [-0.2, -0.15) is 13.2 Å². The molecule has 6 heteroatoms. The number of pyridine rings is 1. The molecule has 1 heterocycles. The Bertz CT molecular complexity index is 512. The fourth-order valence-corrected chi connectivity index (χ4v) is 2.02. The monoisotopic (exact) mass is 284 g/mol. The van der Waals surface area contributed by atoms with E-state index >= 15 is 0 Å². The van der Waals surface area contributed by atoms with Gasteiger partial charge >= 0.3 is 5.51 Å². The second-order valence-corrected chi connectivity index (χ2v) is 4.92. The molecule has 1 N–H and O–H groups in total. The van der Waals surface area contributed by atoms with Crippen molar-refractivity contribution < 1.29 is 13.2 Å². The van der Waals surface area contributed by atoms with Gasteiger partial charge in [0, 0.05) is 29.5 Å². The van der Waals surface area contributed by atoms with E-state index in [4.69, 9.17) is 0 Å². The summed E-state index contributed by atoms with van der Waals surface area (Å²) in [6.07, 6.45) is 3.39. The molecule has 100 valence electrons. The van der Waals surface area contributed by atoms with E-state index in [1.54, 1.807) is 24.5 Å². The van der Waals surface area contributed by atoms with Crippen molar-refractivity contribution in [2.45, 2.75) is 16.9 Å². The van der Waals surface area contributed by atoms with Gasteiger partial charge in [0.15, 0.2) is 0 Å². The molecule has 0 unspecified atom stereocenters. The average Bonchev–Trinajstić information content (AvgIpc) is 2.37. The summed E-state index contributed by atoms with van der Waals surface area (Å²) in [5.74, 6) is 0. The van der Waals surface area contributed by atoms with Crippen molar-refractivity contribution in [3.63, 3.8) is 0 Å². The van der Waals surface area contributed by atoms with Gasteiger partial charge in [-0.1, -0.05) is 0 Å². The van der Waals surface area contributed by atoms with Crippen LogP contribution in [0.5, 0.6) is 0 Å². The van der Waals surface area contributed by atoms with Crippen LogP contribution in [-0.4, -0.2) is 10.5 Å². The number of hydrogen-bond donors (Lipinski definition) is 1. The lowest BCUT2D eigenvalue weighted by molar-refractivity contribution is -0.0328. The molecule has 2 aromatic rings. The Morgan fingerprint density at radius 1 is 1.00 bits per heavy atom. The third-order valence-corrected chi connectivity index (χ3v) is 3.07. The van der Waals surface area contributed by atoms with Crippen LogP contribution in [0.2, 0.25) is 0 Å². The van der Waals surface area contributed by atoms with Crippen molar-refractivity contribution in [3.8, 4) is 0 Å². The summed E-state index contributed by atoms with van der Waals surface area (Å²) in [7, 11) is 0. The van der Waals surface area contributed by atoms with Crippen molar-refractivity contribution in [2.75, 3.05) is 5.32 Å². The SMILES string of the molecule is FC(F)(F)Sc1ccc(NCc2ccncc2)cc1. The molecule has 1 aromatic carbocycles. The highest BCUT2D eigenvalue weighted by atomic mass is 32.2. The van der Waals surface area contributed by atoms with Gasteiger partial charge in [0.2, 0.25) is 0 Å². The quantitative estimate of drug-likeness (QED) is 0.847. The van der Waals surface area contributed by atoms with Crippen LogP contribution in [0.4, 0.5) is 18.9 Å². The minimum atomic E-state index is -4.24. The number of anilines is 1. The molecule has 0 aliphatic carbocycles. The molecule has 0 atom stereocenters. The van der Waals surface area contributed by atoms with Crippen LogP contribution in [0, 0.1) is 0 Å². The van der Waals surface area contributed by atoms with Crippen LogP contribution >= 0.6 is 11.8 Å². The van der Waals surface area contributed by atoms with E-state index in [1.165, 1.54) is 12.1 Å². The molecule has 0 aliphatic heterocycles. The van der Waals surface area contributed by atoms with Gasteiger partial charge in [0.1, 0.15) is 0 Å². The summed E-state index contributed by atoms with van der Waals surface area (Å²) in [6.45, 7) is 0.605. The third-order valence-electron chi connectivity index (χ3n) is 2.33. The molecule has 2 rings (SSSR count). The Morgan fingerprint density at radius 2 is 1.63 bits per heavy atom. The van der Waals surface area contributed by atoms with E-state index in [-0.39, 0.29) is 16.7 Å². The Morgan fingerprint density at radius 3 is 2.21 bits per heavy atom. The number of benzene rings is 1. The Labute approximate surface area is 113 Å². The number of rotatable bonds is 4. The number of alkyl halides is 3. The van der Waals surface area contributed by atoms with Crippen LogP contribution in [0.25, 0.3) is 0 Å². The van der Waals surface area contributed by atoms with Gasteiger partial charge in [0.25, 0.3) is 0 Å². The second-order valence-electron chi connectivity index (χ2n) is 3.78. The van der Waals surface area contributed by atoms with E-state index in [0.717, 1.165) is 11.3 Å². The predicted molar refractivity (Wildman–Crippen MR) is 69.9 cm³/mol. The van der Waals surface area contributed by atoms with Crippen LogP contribution in [0.1, 0.15) is 5.56 Å². The molecule has 0 bridgehead atoms. The lowest BCUT2D eigenvalue weighted by Gasteiger charge is -2.08. The molecule has 0 amide bonds. The third kappa shape index (κ3) is 4.82. The maximum absolute atomic E-state index is 12.2. The molecule has 0 saturated carbocycles. The van der Waals surface area contributed by atoms with E-state index in [9.17, 15) is 13.2 Å². The molecule has 0 fully saturated rings. The Hall–Kier alpha value is -1.69. The second kappa shape index (κ2) is 5.97. The van der Waals surface area contributed by atoms with E-state index in [2.05, 4.69) is 10.3 Å². The zero-order valence-electron chi connectivity index (χ0n) is 9.82. The van der Waals surface area contributed by atoms with Crippen LogP contribution in [-0.2, 0) is 6.54 Å². The molecule has 2 nitrogen and oxygen atoms in total. The first kappa shape index (κ1) is 13.7. The smallest absolute Gasteiger partial charge is 0.381 e. The molecule has 1 aromatic heterocycles. The van der Waals surface area contributed by atoms with Crippen molar-refractivity contribution in [1.29, 1.82) is 0 Å². The van der Waals surface area contributed by atoms with Crippen molar-refractivity contribution in [3.05, 3.63) is 54.4 Å². The summed E-state index contributed by atoms with van der Waals surface area (Å²) in [5.41, 5.74) is -2.40. The minimum absolute atomic E-state index is 0.112. The van der Waals surface area contributed by atoms with E-state index in [1.807, 2.05) is 12.1 Å². The predicted octanol–water partition coefficient (Wildman–Crippen LogP) is 4.31. The summed E-state index contributed by atoms with van der Waals surface area (Å²) < 4.78 is 36.5. The summed E-state index contributed by atoms with van der Waals surface area (Å²) in [6, 6.07) is 9.92. The van der Waals surface area contributed by atoms with Gasteiger partial charge in [-0.05, 0) is 53.7 Å². The first-order valence-electron chi connectivity index (χ1n) is 5.51. The van der Waals surface area contributed by atoms with Crippen molar-refractivity contribution in [1.82, 2.24) is 4.98 Å². The number of halogens is 3. The van der Waals surface area contributed by atoms with E-state index in [0.29, 0.717) is 6.54 Å². The first-order valence-corrected chi connectivity index (χ1v) is 6.33. The summed E-state index contributed by atoms with van der Waals surface area (Å²) in [4.78, 5) is 4.09. The summed E-state index contributed by atoms with van der Waals surface area (Å²) >= 11 is -0.112. The molecule has 0 aliphatic rings. The van der Waals surface area contributed by atoms with Gasteiger partial charge in [-0.25, -0.2) is 0 Å². The summed E-state index contributed by atoms with van der Waals surface area (Å²) in [5, 5.41) is 3.13. The maximum atomic E-state index is 12.2. The lowest BCUT2D eigenvalue weighted by Crippen LogP contribution is -2.00. The molecular formula is C13H11F3N2S. The van der Waals surface area contributed by atoms with Crippen molar-refractivity contribution >= 4 is 17.4 Å². The number of nitrogens with one attached hydrogen (secondary N) is 1. The number of aromatic nitrogens is 1. The largest absolute Gasteiger partial charge is 0.446 e. The lowest BCUT2D eigenvalue weighted by atomic mass is 10.2. The molecule has 0 saturated heterocycles. The first-order chi connectivity index (χ1) is 9.03. The van der Waals surface area contributed by atoms with Gasteiger partial charge < -0.3 is 5.32 Å². The molecule has 0 spiro atoms. The Balaban J connectivity index is 1.92. The zero-order valence-corrected chi connectivity index (χ0v) is 10.6. The highest BCUT2D eigenvalue weighted by Gasteiger charge is 2.28. The average molecular weight is 284 g/mol. The zero-order chi connectivity index (χ0) is 13.7.